The van der Waals surface area contributed by atoms with Gasteiger partial charge < -0.3 is 10.6 Å². The molecule has 2 aromatic rings. The molecule has 2 rings (SSSR count). The summed E-state index contributed by atoms with van der Waals surface area (Å²) < 4.78 is 0. The average molecular weight is 231 g/mol. The number of nitrogens with zero attached hydrogens (tertiary/aromatic N) is 2. The summed E-state index contributed by atoms with van der Waals surface area (Å²) in [6.07, 6.45) is 0.836. The van der Waals surface area contributed by atoms with E-state index in [0.29, 0.717) is 12.4 Å². The molecular formula is C13H17N3O. The number of rotatable bonds is 4. The first-order chi connectivity index (χ1) is 8.27. The van der Waals surface area contributed by atoms with Gasteiger partial charge in [0.05, 0.1) is 0 Å². The molecule has 90 valence electrons. The molecular weight excluding hydrogens is 214 g/mol. The summed E-state index contributed by atoms with van der Waals surface area (Å²) in [4.78, 5) is 6.78. The van der Waals surface area contributed by atoms with Gasteiger partial charge in [-0.25, -0.2) is 0 Å². The Bertz CT molecular complexity index is 491. The summed E-state index contributed by atoms with van der Waals surface area (Å²) in [5.41, 5.74) is 9.01. The summed E-state index contributed by atoms with van der Waals surface area (Å²) in [5.74, 6) is 0.591. The molecule has 1 heterocycles. The Morgan fingerprint density at radius 1 is 1.24 bits per heavy atom. The van der Waals surface area contributed by atoms with Gasteiger partial charge in [0, 0.05) is 11.1 Å². The number of hydrogen-bond donors (Lipinski definition) is 1. The maximum absolute atomic E-state index is 6.01. The van der Waals surface area contributed by atoms with Crippen LogP contribution in [0, 0.1) is 0 Å². The second-order valence-electron chi connectivity index (χ2n) is 3.72. The van der Waals surface area contributed by atoms with Crippen LogP contribution < -0.4 is 10.6 Å². The van der Waals surface area contributed by atoms with Crippen molar-refractivity contribution in [3.63, 3.8) is 0 Å². The van der Waals surface area contributed by atoms with Gasteiger partial charge in [-0.2, -0.15) is 0 Å². The Morgan fingerprint density at radius 3 is 2.53 bits per heavy atom. The zero-order valence-corrected chi connectivity index (χ0v) is 10.2. The highest BCUT2D eigenvalue weighted by Gasteiger charge is 2.15. The maximum atomic E-state index is 6.01. The molecule has 0 atom stereocenters. The minimum atomic E-state index is 0.545. The van der Waals surface area contributed by atoms with Gasteiger partial charge in [-0.05, 0) is 13.3 Å². The molecule has 0 amide bonds. The lowest BCUT2D eigenvalue weighted by Gasteiger charge is -2.02. The Balaban J connectivity index is 2.50. The third kappa shape index (κ3) is 2.11. The van der Waals surface area contributed by atoms with Crippen molar-refractivity contribution >= 4 is 5.82 Å². The van der Waals surface area contributed by atoms with Gasteiger partial charge in [-0.3, -0.25) is 0 Å². The summed E-state index contributed by atoms with van der Waals surface area (Å²) in [7, 11) is 0. The van der Waals surface area contributed by atoms with E-state index in [1.54, 1.807) is 0 Å². The number of hydrogen-bond acceptors (Lipinski definition) is 3. The molecule has 0 fully saturated rings. The van der Waals surface area contributed by atoms with Crippen LogP contribution >= 0.6 is 0 Å². The third-order valence-corrected chi connectivity index (χ3v) is 2.64. The van der Waals surface area contributed by atoms with E-state index in [0.717, 1.165) is 23.2 Å². The predicted octanol–water partition coefficient (Wildman–Crippen LogP) is 2.14. The Hall–Kier alpha value is -1.97. The SMILES string of the molecule is CCOn1nc(-c2ccccc2)c(CC)c1N. The van der Waals surface area contributed by atoms with Crippen LogP contribution in [0.5, 0.6) is 0 Å². The molecule has 2 N–H and O–H groups in total. The van der Waals surface area contributed by atoms with Gasteiger partial charge in [-0.15, -0.1) is 5.10 Å². The monoisotopic (exact) mass is 231 g/mol. The molecule has 0 saturated heterocycles. The molecule has 17 heavy (non-hydrogen) atoms. The van der Waals surface area contributed by atoms with Gasteiger partial charge in [0.15, 0.2) is 5.82 Å². The second kappa shape index (κ2) is 4.91. The summed E-state index contributed by atoms with van der Waals surface area (Å²) in [5, 5.41) is 4.41. The summed E-state index contributed by atoms with van der Waals surface area (Å²) in [6, 6.07) is 10.0. The molecule has 4 nitrogen and oxygen atoms in total. The van der Waals surface area contributed by atoms with Gasteiger partial charge in [0.1, 0.15) is 12.3 Å². The van der Waals surface area contributed by atoms with Crippen LogP contribution in [0.25, 0.3) is 11.3 Å². The fourth-order valence-electron chi connectivity index (χ4n) is 1.84. The number of nitrogens with two attached hydrogens (primary N) is 1. The Kier molecular flexibility index (Phi) is 3.32. The molecule has 0 aliphatic heterocycles. The summed E-state index contributed by atoms with van der Waals surface area (Å²) >= 11 is 0. The van der Waals surface area contributed by atoms with Crippen LogP contribution in [0.15, 0.2) is 30.3 Å². The third-order valence-electron chi connectivity index (χ3n) is 2.64. The predicted molar refractivity (Wildman–Crippen MR) is 68.6 cm³/mol. The Labute approximate surface area is 101 Å². The quantitative estimate of drug-likeness (QED) is 0.877. The van der Waals surface area contributed by atoms with Crippen molar-refractivity contribution in [3.8, 4) is 11.3 Å². The van der Waals surface area contributed by atoms with E-state index in [9.17, 15) is 0 Å². The number of nitrogen functional groups attached to an aromatic ring is 1. The topological polar surface area (TPSA) is 53.1 Å². The first-order valence-electron chi connectivity index (χ1n) is 5.84. The van der Waals surface area contributed by atoms with E-state index >= 15 is 0 Å². The van der Waals surface area contributed by atoms with Gasteiger partial charge >= 0.3 is 0 Å². The number of benzene rings is 1. The molecule has 0 aliphatic rings. The molecule has 0 bridgehead atoms. The van der Waals surface area contributed by atoms with Crippen LogP contribution in [0.1, 0.15) is 19.4 Å². The molecule has 0 unspecified atom stereocenters. The molecule has 4 heteroatoms. The van der Waals surface area contributed by atoms with Gasteiger partial charge in [0.25, 0.3) is 0 Å². The molecule has 1 aromatic carbocycles. The number of aromatic nitrogens is 2. The number of anilines is 1. The first kappa shape index (κ1) is 11.5. The molecule has 0 saturated carbocycles. The second-order valence-corrected chi connectivity index (χ2v) is 3.72. The van der Waals surface area contributed by atoms with Crippen molar-refractivity contribution in [2.24, 2.45) is 0 Å². The molecule has 0 spiro atoms. The normalized spacial score (nSPS) is 10.5. The van der Waals surface area contributed by atoms with Crippen molar-refractivity contribution in [3.05, 3.63) is 35.9 Å². The highest BCUT2D eigenvalue weighted by Crippen LogP contribution is 2.26. The smallest absolute Gasteiger partial charge is 0.167 e. The van der Waals surface area contributed by atoms with E-state index in [1.165, 1.54) is 4.85 Å². The minimum absolute atomic E-state index is 0.545. The van der Waals surface area contributed by atoms with Crippen molar-refractivity contribution in [2.75, 3.05) is 12.3 Å². The lowest BCUT2D eigenvalue weighted by atomic mass is 10.1. The minimum Gasteiger partial charge on any atom is -0.395 e. The van der Waals surface area contributed by atoms with Crippen molar-refractivity contribution in [2.45, 2.75) is 20.3 Å². The fourth-order valence-corrected chi connectivity index (χ4v) is 1.84. The summed E-state index contributed by atoms with van der Waals surface area (Å²) in [6.45, 7) is 4.52. The van der Waals surface area contributed by atoms with Crippen LogP contribution in [0.2, 0.25) is 0 Å². The van der Waals surface area contributed by atoms with Gasteiger partial charge in [0.2, 0.25) is 0 Å². The first-order valence-corrected chi connectivity index (χ1v) is 5.84. The molecule has 1 aromatic heterocycles. The fraction of sp³-hybridized carbons (Fsp3) is 0.308. The average Bonchev–Trinajstić information content (AvgIpc) is 2.68. The maximum Gasteiger partial charge on any atom is 0.167 e. The van der Waals surface area contributed by atoms with E-state index in [4.69, 9.17) is 10.6 Å². The van der Waals surface area contributed by atoms with E-state index < -0.39 is 0 Å². The highest BCUT2D eigenvalue weighted by atomic mass is 16.7. The van der Waals surface area contributed by atoms with Crippen molar-refractivity contribution in [1.29, 1.82) is 0 Å². The zero-order chi connectivity index (χ0) is 12.3. The van der Waals surface area contributed by atoms with Crippen LogP contribution in [-0.2, 0) is 6.42 Å². The van der Waals surface area contributed by atoms with Crippen molar-refractivity contribution in [1.82, 2.24) is 9.94 Å². The van der Waals surface area contributed by atoms with E-state index in [1.807, 2.05) is 37.3 Å². The molecule has 0 radical (unpaired) electrons. The lowest BCUT2D eigenvalue weighted by molar-refractivity contribution is 0.0982. The van der Waals surface area contributed by atoms with E-state index in [-0.39, 0.29) is 0 Å². The zero-order valence-electron chi connectivity index (χ0n) is 10.2. The van der Waals surface area contributed by atoms with E-state index in [2.05, 4.69) is 12.0 Å². The Morgan fingerprint density at radius 2 is 1.94 bits per heavy atom. The highest BCUT2D eigenvalue weighted by molar-refractivity contribution is 5.68. The van der Waals surface area contributed by atoms with Crippen molar-refractivity contribution < 1.29 is 4.84 Å². The largest absolute Gasteiger partial charge is 0.395 e. The van der Waals surface area contributed by atoms with Crippen LogP contribution in [0.3, 0.4) is 0 Å². The van der Waals surface area contributed by atoms with Crippen LogP contribution in [0.4, 0.5) is 5.82 Å². The van der Waals surface area contributed by atoms with Gasteiger partial charge in [-0.1, -0.05) is 42.1 Å². The van der Waals surface area contributed by atoms with Crippen LogP contribution in [-0.4, -0.2) is 16.6 Å². The molecule has 0 aliphatic carbocycles. The standard InChI is InChI=1S/C13H17N3O/c1-3-11-12(10-8-6-5-7-9-10)15-16(13(11)14)17-4-2/h5-9H,3-4,14H2,1-2H3. The lowest BCUT2D eigenvalue weighted by Crippen LogP contribution is -2.15.